The molecule has 1 N–H and O–H groups in total. The summed E-state index contributed by atoms with van der Waals surface area (Å²) < 4.78 is 7.64. The van der Waals surface area contributed by atoms with Crippen LogP contribution < -0.4 is 0 Å². The van der Waals surface area contributed by atoms with Crippen LogP contribution in [0.2, 0.25) is 0 Å². The van der Waals surface area contributed by atoms with Crippen LogP contribution in [0.1, 0.15) is 36.2 Å². The number of aromatic nitrogens is 3. The van der Waals surface area contributed by atoms with Crippen LogP contribution in [-0.2, 0) is 11.2 Å². The van der Waals surface area contributed by atoms with Crippen LogP contribution >= 0.6 is 27.3 Å². The molecular weight excluding hydrogens is 470 g/mol. The van der Waals surface area contributed by atoms with Crippen LogP contribution in [0.4, 0.5) is 4.79 Å². The Morgan fingerprint density at radius 3 is 2.70 bits per heavy atom. The fourth-order valence-corrected chi connectivity index (χ4v) is 5.25. The molecule has 1 fully saturated rings. The number of nitrogens with zero attached hydrogens (tertiary/aromatic N) is 5. The van der Waals surface area contributed by atoms with E-state index in [2.05, 4.69) is 43.0 Å². The van der Waals surface area contributed by atoms with Gasteiger partial charge in [0.1, 0.15) is 0 Å². The smallest absolute Gasteiger partial charge is 0.409 e. The van der Waals surface area contributed by atoms with Crippen LogP contribution in [0.3, 0.4) is 0 Å². The van der Waals surface area contributed by atoms with Gasteiger partial charge in [0.2, 0.25) is 10.8 Å². The Morgan fingerprint density at radius 1 is 1.30 bits per heavy atom. The van der Waals surface area contributed by atoms with E-state index in [0.29, 0.717) is 50.0 Å². The molecule has 1 aliphatic heterocycles. The molecule has 3 aromatic rings. The van der Waals surface area contributed by atoms with Gasteiger partial charge in [-0.1, -0.05) is 46.3 Å². The number of halogens is 1. The van der Waals surface area contributed by atoms with E-state index < -0.39 is 0 Å². The first kappa shape index (κ1) is 21.1. The summed E-state index contributed by atoms with van der Waals surface area (Å²) in [6.07, 6.45) is 0.443. The Labute approximate surface area is 187 Å². The second kappa shape index (κ2) is 8.91. The fourth-order valence-electron chi connectivity index (χ4n) is 3.70. The summed E-state index contributed by atoms with van der Waals surface area (Å²) in [6, 6.07) is 7.93. The van der Waals surface area contributed by atoms with E-state index in [1.165, 1.54) is 15.9 Å². The zero-order valence-corrected chi connectivity index (χ0v) is 19.3. The van der Waals surface area contributed by atoms with Crippen molar-refractivity contribution in [1.29, 1.82) is 0 Å². The van der Waals surface area contributed by atoms with Gasteiger partial charge in [0.05, 0.1) is 17.5 Å². The van der Waals surface area contributed by atoms with E-state index in [1.54, 1.807) is 4.90 Å². The lowest BCUT2D eigenvalue weighted by molar-refractivity contribution is 0.0715. The standard InChI is InChI=1S/C20H24BrN5O3S/c1-3-15-22-19-26(23-15)18(27)17(30-19)16(13-6-5-7-14(21)12-13)24-8-10-25(11-9-24)20(28)29-4-2/h5-7,12,16,27H,3-4,8-11H2,1-2H3. The molecule has 2 aromatic heterocycles. The Morgan fingerprint density at radius 2 is 2.07 bits per heavy atom. The van der Waals surface area contributed by atoms with Crippen molar-refractivity contribution >= 4 is 38.3 Å². The number of aryl methyl sites for hydroxylation is 1. The van der Waals surface area contributed by atoms with Crippen LogP contribution in [0.15, 0.2) is 28.7 Å². The number of amides is 1. The summed E-state index contributed by atoms with van der Waals surface area (Å²) in [6.45, 7) is 6.66. The monoisotopic (exact) mass is 493 g/mol. The summed E-state index contributed by atoms with van der Waals surface area (Å²) in [5.74, 6) is 0.838. The largest absolute Gasteiger partial charge is 0.492 e. The van der Waals surface area contributed by atoms with Gasteiger partial charge in [0.15, 0.2) is 5.82 Å². The molecule has 0 spiro atoms. The van der Waals surface area contributed by atoms with Crippen LogP contribution in [0.25, 0.3) is 4.96 Å². The molecule has 4 rings (SSSR count). The first-order chi connectivity index (χ1) is 14.5. The molecule has 1 aliphatic rings. The molecule has 1 aromatic carbocycles. The van der Waals surface area contributed by atoms with E-state index >= 15 is 0 Å². The number of fused-ring (bicyclic) bond motifs is 1. The van der Waals surface area contributed by atoms with Crippen molar-refractivity contribution in [2.75, 3.05) is 32.8 Å². The quantitative estimate of drug-likeness (QED) is 0.583. The molecule has 1 amide bonds. The number of ether oxygens (including phenoxy) is 1. The molecule has 10 heteroatoms. The molecular formula is C20H24BrN5O3S. The van der Waals surface area contributed by atoms with Gasteiger partial charge in [0.25, 0.3) is 0 Å². The molecule has 0 saturated carbocycles. The minimum atomic E-state index is -0.273. The number of carbonyl (C=O) groups excluding carboxylic acids is 1. The maximum atomic E-state index is 12.1. The molecule has 160 valence electrons. The van der Waals surface area contributed by atoms with Crippen molar-refractivity contribution in [3.8, 4) is 5.88 Å². The van der Waals surface area contributed by atoms with Crippen molar-refractivity contribution in [3.05, 3.63) is 45.0 Å². The summed E-state index contributed by atoms with van der Waals surface area (Å²) >= 11 is 5.02. The Bertz CT molecular complexity index is 1040. The maximum Gasteiger partial charge on any atom is 0.409 e. The Balaban J connectivity index is 1.67. The first-order valence-corrected chi connectivity index (χ1v) is 11.6. The molecule has 0 aliphatic carbocycles. The molecule has 30 heavy (non-hydrogen) atoms. The van der Waals surface area contributed by atoms with Gasteiger partial charge >= 0.3 is 6.09 Å². The fraction of sp³-hybridized carbons (Fsp3) is 0.450. The number of piperazine rings is 1. The van der Waals surface area contributed by atoms with E-state index in [4.69, 9.17) is 4.74 Å². The van der Waals surface area contributed by atoms with Crippen LogP contribution in [0, 0.1) is 0 Å². The molecule has 1 saturated heterocycles. The molecule has 1 unspecified atom stereocenters. The second-order valence-electron chi connectivity index (χ2n) is 7.05. The van der Waals surface area contributed by atoms with E-state index in [0.717, 1.165) is 14.9 Å². The van der Waals surface area contributed by atoms with Crippen molar-refractivity contribution in [3.63, 3.8) is 0 Å². The summed E-state index contributed by atoms with van der Waals surface area (Å²) in [4.78, 5) is 22.1. The van der Waals surface area contributed by atoms with Crippen molar-refractivity contribution in [1.82, 2.24) is 24.4 Å². The normalized spacial score (nSPS) is 16.2. The van der Waals surface area contributed by atoms with Gasteiger partial charge in [-0.05, 0) is 24.6 Å². The Hall–Kier alpha value is -2.17. The number of hydrogen-bond acceptors (Lipinski definition) is 7. The number of thiazole rings is 1. The van der Waals surface area contributed by atoms with Gasteiger partial charge in [0, 0.05) is 37.1 Å². The third kappa shape index (κ3) is 4.03. The highest BCUT2D eigenvalue weighted by Gasteiger charge is 2.33. The third-order valence-corrected chi connectivity index (χ3v) is 6.74. The highest BCUT2D eigenvalue weighted by atomic mass is 79.9. The van der Waals surface area contributed by atoms with E-state index in [1.807, 2.05) is 26.0 Å². The average molecular weight is 494 g/mol. The number of benzene rings is 1. The zero-order chi connectivity index (χ0) is 21.3. The average Bonchev–Trinajstić information content (AvgIpc) is 3.28. The minimum Gasteiger partial charge on any atom is -0.492 e. The topological polar surface area (TPSA) is 83.2 Å². The predicted molar refractivity (Wildman–Crippen MR) is 118 cm³/mol. The number of aromatic hydroxyl groups is 1. The highest BCUT2D eigenvalue weighted by molar-refractivity contribution is 9.10. The Kier molecular flexibility index (Phi) is 6.26. The number of rotatable bonds is 5. The molecule has 1 atom stereocenters. The molecule has 0 radical (unpaired) electrons. The number of hydrogen-bond donors (Lipinski definition) is 1. The third-order valence-electron chi connectivity index (χ3n) is 5.18. The second-order valence-corrected chi connectivity index (χ2v) is 8.97. The molecule has 8 nitrogen and oxygen atoms in total. The molecule has 3 heterocycles. The van der Waals surface area contributed by atoms with Gasteiger partial charge in [-0.2, -0.15) is 4.52 Å². The number of carbonyl (C=O) groups is 1. The first-order valence-electron chi connectivity index (χ1n) is 10.00. The lowest BCUT2D eigenvalue weighted by Crippen LogP contribution is -2.49. The highest BCUT2D eigenvalue weighted by Crippen LogP contribution is 2.40. The van der Waals surface area contributed by atoms with Crippen molar-refractivity contribution in [2.45, 2.75) is 26.3 Å². The lowest BCUT2D eigenvalue weighted by atomic mass is 10.0. The van der Waals surface area contributed by atoms with Gasteiger partial charge in [-0.25, -0.2) is 9.78 Å². The summed E-state index contributed by atoms with van der Waals surface area (Å²) in [7, 11) is 0. The van der Waals surface area contributed by atoms with Crippen molar-refractivity contribution < 1.29 is 14.6 Å². The van der Waals surface area contributed by atoms with Crippen molar-refractivity contribution in [2.24, 2.45) is 0 Å². The zero-order valence-electron chi connectivity index (χ0n) is 16.9. The maximum absolute atomic E-state index is 12.1. The van der Waals surface area contributed by atoms with Gasteiger partial charge in [-0.15, -0.1) is 5.10 Å². The lowest BCUT2D eigenvalue weighted by Gasteiger charge is -2.38. The minimum absolute atomic E-state index is 0.125. The van der Waals surface area contributed by atoms with Gasteiger partial charge < -0.3 is 14.7 Å². The SMILES string of the molecule is CCOC(=O)N1CCN(C(c2cccc(Br)c2)c2sc3nc(CC)nn3c2O)CC1. The van der Waals surface area contributed by atoms with Crippen LogP contribution in [-0.4, -0.2) is 68.4 Å². The molecule has 0 bridgehead atoms. The van der Waals surface area contributed by atoms with Gasteiger partial charge in [-0.3, -0.25) is 4.90 Å². The van der Waals surface area contributed by atoms with E-state index in [-0.39, 0.29) is 18.0 Å². The summed E-state index contributed by atoms with van der Waals surface area (Å²) in [5, 5.41) is 15.4. The predicted octanol–water partition coefficient (Wildman–Crippen LogP) is 3.68. The van der Waals surface area contributed by atoms with Crippen LogP contribution in [0.5, 0.6) is 5.88 Å². The summed E-state index contributed by atoms with van der Waals surface area (Å²) in [5.41, 5.74) is 1.06. The van der Waals surface area contributed by atoms with E-state index in [9.17, 15) is 9.90 Å².